The molecule has 1 aromatic heterocycles. The van der Waals surface area contributed by atoms with Crippen molar-refractivity contribution in [1.82, 2.24) is 4.57 Å². The molecule has 0 aliphatic carbocycles. The van der Waals surface area contributed by atoms with Crippen LogP contribution in [0.2, 0.25) is 0 Å². The number of anilines is 1. The summed E-state index contributed by atoms with van der Waals surface area (Å²) in [5.41, 5.74) is 3.28. The molecule has 5 rings (SSSR count). The predicted molar refractivity (Wildman–Crippen MR) is 108 cm³/mol. The Kier molecular flexibility index (Phi) is 3.79. The van der Waals surface area contributed by atoms with Crippen molar-refractivity contribution in [3.05, 3.63) is 63.1 Å². The van der Waals surface area contributed by atoms with Crippen LogP contribution in [0.3, 0.4) is 0 Å². The Bertz CT molecular complexity index is 1120. The SMILES string of the molecule is CCC1(C)C(=O)OCc2c1cc1n(c2=O)CC2Cc3ccccc3N(C(C)=O)C12. The molecule has 1 amide bonds. The second-order valence-electron chi connectivity index (χ2n) is 8.57. The van der Waals surface area contributed by atoms with Crippen LogP contribution in [0.1, 0.15) is 55.6 Å². The van der Waals surface area contributed by atoms with E-state index in [2.05, 4.69) is 6.07 Å². The molecule has 6 heteroatoms. The quantitative estimate of drug-likeness (QED) is 0.700. The highest BCUT2D eigenvalue weighted by Gasteiger charge is 2.47. The molecule has 29 heavy (non-hydrogen) atoms. The van der Waals surface area contributed by atoms with Gasteiger partial charge in [-0.15, -0.1) is 0 Å². The molecule has 0 bridgehead atoms. The fraction of sp³-hybridized carbons (Fsp3) is 0.435. The molecule has 2 aromatic rings. The minimum atomic E-state index is -0.839. The Morgan fingerprint density at radius 2 is 2.03 bits per heavy atom. The van der Waals surface area contributed by atoms with Crippen LogP contribution < -0.4 is 10.5 Å². The zero-order valence-electron chi connectivity index (χ0n) is 16.9. The molecule has 3 aliphatic heterocycles. The lowest BCUT2D eigenvalue weighted by atomic mass is 9.76. The monoisotopic (exact) mass is 392 g/mol. The number of fused-ring (bicyclic) bond motifs is 5. The maximum absolute atomic E-state index is 13.4. The number of hydrogen-bond acceptors (Lipinski definition) is 4. The van der Waals surface area contributed by atoms with Crippen LogP contribution in [0.4, 0.5) is 5.69 Å². The van der Waals surface area contributed by atoms with Crippen molar-refractivity contribution >= 4 is 17.6 Å². The minimum absolute atomic E-state index is 0.0227. The van der Waals surface area contributed by atoms with E-state index in [0.717, 1.165) is 28.9 Å². The second kappa shape index (κ2) is 6.05. The number of pyridine rings is 1. The molecule has 3 unspecified atom stereocenters. The van der Waals surface area contributed by atoms with Crippen LogP contribution in [0.5, 0.6) is 0 Å². The molecule has 0 fully saturated rings. The maximum atomic E-state index is 13.4. The molecule has 0 saturated heterocycles. The number of aromatic nitrogens is 1. The summed E-state index contributed by atoms with van der Waals surface area (Å²) in [4.78, 5) is 40.4. The Morgan fingerprint density at radius 3 is 2.76 bits per heavy atom. The van der Waals surface area contributed by atoms with Crippen molar-refractivity contribution in [3.8, 4) is 0 Å². The topological polar surface area (TPSA) is 68.6 Å². The van der Waals surface area contributed by atoms with E-state index in [-0.39, 0.29) is 36.0 Å². The van der Waals surface area contributed by atoms with Gasteiger partial charge in [0.15, 0.2) is 0 Å². The van der Waals surface area contributed by atoms with Gasteiger partial charge in [-0.2, -0.15) is 0 Å². The van der Waals surface area contributed by atoms with Gasteiger partial charge in [-0.1, -0.05) is 25.1 Å². The Hall–Kier alpha value is -2.89. The van der Waals surface area contributed by atoms with E-state index in [4.69, 9.17) is 4.74 Å². The first-order chi connectivity index (χ1) is 13.9. The molecule has 1 aromatic carbocycles. The van der Waals surface area contributed by atoms with Gasteiger partial charge in [0.25, 0.3) is 5.56 Å². The Morgan fingerprint density at radius 1 is 1.28 bits per heavy atom. The van der Waals surface area contributed by atoms with Gasteiger partial charge in [0.2, 0.25) is 5.91 Å². The number of benzene rings is 1. The lowest BCUT2D eigenvalue weighted by Crippen LogP contribution is -2.43. The first kappa shape index (κ1) is 18.2. The van der Waals surface area contributed by atoms with E-state index in [0.29, 0.717) is 18.5 Å². The summed E-state index contributed by atoms with van der Waals surface area (Å²) in [6, 6.07) is 9.75. The van der Waals surface area contributed by atoms with Gasteiger partial charge in [0.1, 0.15) is 6.61 Å². The van der Waals surface area contributed by atoms with Crippen LogP contribution in [0.15, 0.2) is 35.1 Å². The molecule has 0 saturated carbocycles. The van der Waals surface area contributed by atoms with Crippen molar-refractivity contribution in [1.29, 1.82) is 0 Å². The number of para-hydroxylation sites is 1. The predicted octanol–water partition coefficient (Wildman–Crippen LogP) is 2.85. The van der Waals surface area contributed by atoms with E-state index < -0.39 is 5.41 Å². The van der Waals surface area contributed by atoms with Gasteiger partial charge in [0, 0.05) is 30.8 Å². The molecular weight excluding hydrogens is 368 g/mol. The summed E-state index contributed by atoms with van der Waals surface area (Å²) >= 11 is 0. The number of ether oxygens (including phenoxy) is 1. The molecule has 3 atom stereocenters. The van der Waals surface area contributed by atoms with Crippen LogP contribution in [0, 0.1) is 5.92 Å². The summed E-state index contributed by atoms with van der Waals surface area (Å²) in [5.74, 6) is -0.193. The number of carbonyl (C=O) groups excluding carboxylic acids is 2. The first-order valence-electron chi connectivity index (χ1n) is 10.2. The molecule has 0 spiro atoms. The van der Waals surface area contributed by atoms with Crippen molar-refractivity contribution in [2.75, 3.05) is 4.90 Å². The maximum Gasteiger partial charge on any atom is 0.316 e. The number of hydrogen-bond donors (Lipinski definition) is 0. The van der Waals surface area contributed by atoms with Crippen molar-refractivity contribution in [2.24, 2.45) is 5.92 Å². The molecule has 0 radical (unpaired) electrons. The second-order valence-corrected chi connectivity index (χ2v) is 8.57. The van der Waals surface area contributed by atoms with Crippen molar-refractivity contribution in [2.45, 2.75) is 58.2 Å². The summed E-state index contributed by atoms with van der Waals surface area (Å²) in [6.07, 6.45) is 1.37. The third-order valence-corrected chi connectivity index (χ3v) is 7.05. The number of cyclic esters (lactones) is 1. The smallest absolute Gasteiger partial charge is 0.316 e. The summed E-state index contributed by atoms with van der Waals surface area (Å²) in [5, 5.41) is 0. The summed E-state index contributed by atoms with van der Waals surface area (Å²) in [6.45, 7) is 5.94. The van der Waals surface area contributed by atoms with Gasteiger partial charge in [-0.25, -0.2) is 0 Å². The van der Waals surface area contributed by atoms with Gasteiger partial charge in [-0.3, -0.25) is 14.4 Å². The van der Waals surface area contributed by atoms with Crippen LogP contribution in [-0.2, 0) is 39.3 Å². The standard InChI is InChI=1S/C23H24N2O4/c1-4-23(3)17-10-19-20-15(11-24(19)21(27)16(17)12-29-22(23)28)9-14-7-5-6-8-18(14)25(20)13(2)26/h5-8,10,15,20H,4,9,11-12H2,1-3H3. The Labute approximate surface area is 169 Å². The van der Waals surface area contributed by atoms with E-state index in [1.54, 1.807) is 11.5 Å². The third kappa shape index (κ3) is 2.32. The average molecular weight is 392 g/mol. The largest absolute Gasteiger partial charge is 0.460 e. The number of carbonyl (C=O) groups is 2. The lowest BCUT2D eigenvalue weighted by Gasteiger charge is -2.39. The molecule has 0 N–H and O–H groups in total. The van der Waals surface area contributed by atoms with Crippen molar-refractivity contribution in [3.63, 3.8) is 0 Å². The summed E-state index contributed by atoms with van der Waals surface area (Å²) in [7, 11) is 0. The lowest BCUT2D eigenvalue weighted by molar-refractivity contribution is -0.153. The fourth-order valence-electron chi connectivity index (χ4n) is 5.33. The fourth-order valence-corrected chi connectivity index (χ4v) is 5.33. The van der Waals surface area contributed by atoms with E-state index in [1.807, 2.05) is 43.0 Å². The van der Waals surface area contributed by atoms with Gasteiger partial charge in [0.05, 0.1) is 17.0 Å². The molecule has 3 aliphatic rings. The zero-order chi connectivity index (χ0) is 20.5. The van der Waals surface area contributed by atoms with E-state index >= 15 is 0 Å². The number of rotatable bonds is 1. The summed E-state index contributed by atoms with van der Waals surface area (Å²) < 4.78 is 7.16. The third-order valence-electron chi connectivity index (χ3n) is 7.05. The van der Waals surface area contributed by atoms with Gasteiger partial charge < -0.3 is 14.2 Å². The van der Waals surface area contributed by atoms with Gasteiger partial charge in [-0.05, 0) is 43.0 Å². The van der Waals surface area contributed by atoms with Crippen molar-refractivity contribution < 1.29 is 14.3 Å². The highest BCUT2D eigenvalue weighted by molar-refractivity contribution is 5.94. The average Bonchev–Trinajstić information content (AvgIpc) is 3.07. The zero-order valence-corrected chi connectivity index (χ0v) is 16.9. The van der Waals surface area contributed by atoms with E-state index in [9.17, 15) is 14.4 Å². The molecule has 6 nitrogen and oxygen atoms in total. The Balaban J connectivity index is 1.74. The molecule has 150 valence electrons. The van der Waals surface area contributed by atoms with Crippen LogP contribution in [0.25, 0.3) is 0 Å². The number of nitrogens with zero attached hydrogens (tertiary/aromatic N) is 2. The normalized spacial score (nSPS) is 26.9. The molecular formula is C23H24N2O4. The minimum Gasteiger partial charge on any atom is -0.460 e. The first-order valence-corrected chi connectivity index (χ1v) is 10.2. The number of esters is 1. The number of amides is 1. The van der Waals surface area contributed by atoms with Crippen LogP contribution >= 0.6 is 0 Å². The van der Waals surface area contributed by atoms with E-state index in [1.165, 1.54) is 0 Å². The molecule has 4 heterocycles. The highest BCUT2D eigenvalue weighted by Crippen LogP contribution is 2.47. The van der Waals surface area contributed by atoms with Crippen LogP contribution in [-0.4, -0.2) is 16.4 Å². The van der Waals surface area contributed by atoms with Gasteiger partial charge >= 0.3 is 5.97 Å². The highest BCUT2D eigenvalue weighted by atomic mass is 16.5.